The number of aliphatic hydroxyl groups is 1. The molecule has 2 N–H and O–H groups in total. The molecule has 1 unspecified atom stereocenters. The van der Waals surface area contributed by atoms with Crippen molar-refractivity contribution in [3.63, 3.8) is 0 Å². The van der Waals surface area contributed by atoms with Gasteiger partial charge >= 0.3 is 0 Å². The summed E-state index contributed by atoms with van der Waals surface area (Å²) in [6, 6.07) is 4.51. The molecule has 33 heavy (non-hydrogen) atoms. The number of hydrogen-bond donors (Lipinski definition) is 2. The first-order valence-corrected chi connectivity index (χ1v) is 10.7. The Hall–Kier alpha value is -3.44. The summed E-state index contributed by atoms with van der Waals surface area (Å²) in [5.74, 6) is -0.865. The van der Waals surface area contributed by atoms with Crippen molar-refractivity contribution in [2.24, 2.45) is 0 Å². The lowest BCUT2D eigenvalue weighted by Crippen LogP contribution is -2.30. The highest BCUT2D eigenvalue weighted by atomic mass is 19.1. The van der Waals surface area contributed by atoms with Gasteiger partial charge in [-0.15, -0.1) is 5.10 Å². The molecule has 11 heteroatoms. The number of aliphatic hydroxyl groups excluding tert-OH is 1. The van der Waals surface area contributed by atoms with Gasteiger partial charge in [0.05, 0.1) is 29.8 Å². The summed E-state index contributed by atoms with van der Waals surface area (Å²) in [5.41, 5.74) is 2.60. The molecular formula is C22H23F2N7O2. The van der Waals surface area contributed by atoms with Gasteiger partial charge in [0.25, 0.3) is 0 Å². The van der Waals surface area contributed by atoms with Gasteiger partial charge < -0.3 is 15.2 Å². The van der Waals surface area contributed by atoms with Crippen LogP contribution < -0.4 is 10.1 Å². The van der Waals surface area contributed by atoms with Gasteiger partial charge in [-0.1, -0.05) is 5.21 Å². The summed E-state index contributed by atoms with van der Waals surface area (Å²) >= 11 is 0. The van der Waals surface area contributed by atoms with Crippen LogP contribution in [-0.4, -0.2) is 54.4 Å². The van der Waals surface area contributed by atoms with Crippen LogP contribution in [0.1, 0.15) is 36.4 Å². The molecule has 1 atom stereocenters. The summed E-state index contributed by atoms with van der Waals surface area (Å²) in [7, 11) is 0. The summed E-state index contributed by atoms with van der Waals surface area (Å²) in [4.78, 5) is 3.86. The van der Waals surface area contributed by atoms with Gasteiger partial charge in [0.2, 0.25) is 0 Å². The zero-order chi connectivity index (χ0) is 22.9. The first-order chi connectivity index (χ1) is 16.0. The van der Waals surface area contributed by atoms with Crippen LogP contribution in [0.5, 0.6) is 5.75 Å². The van der Waals surface area contributed by atoms with Crippen molar-refractivity contribution in [1.29, 1.82) is 0 Å². The maximum Gasteiger partial charge on any atom is 0.172 e. The third-order valence-electron chi connectivity index (χ3n) is 5.88. The topological polar surface area (TPSA) is 102 Å². The minimum Gasteiger partial charge on any atom is -0.488 e. The Morgan fingerprint density at radius 1 is 1.24 bits per heavy atom. The molecule has 0 aliphatic carbocycles. The molecule has 1 saturated heterocycles. The SMILES string of the molecule is Cc1c(-c2cc(OCC(O)c3ccc(F)cn3)c3c(F)cnn3c2)nnn1C1CCNCC1. The quantitative estimate of drug-likeness (QED) is 0.461. The van der Waals surface area contributed by atoms with Gasteiger partial charge in [0.15, 0.2) is 5.82 Å². The van der Waals surface area contributed by atoms with Crippen LogP contribution in [0.2, 0.25) is 0 Å². The first-order valence-electron chi connectivity index (χ1n) is 10.7. The van der Waals surface area contributed by atoms with Crippen molar-refractivity contribution in [2.75, 3.05) is 19.7 Å². The predicted octanol–water partition coefficient (Wildman–Crippen LogP) is 2.61. The Labute approximate surface area is 188 Å². The van der Waals surface area contributed by atoms with E-state index in [0.29, 0.717) is 11.3 Å². The predicted molar refractivity (Wildman–Crippen MR) is 115 cm³/mol. The van der Waals surface area contributed by atoms with E-state index in [9.17, 15) is 13.9 Å². The smallest absolute Gasteiger partial charge is 0.172 e. The number of hydrogen-bond acceptors (Lipinski definition) is 7. The van der Waals surface area contributed by atoms with Crippen LogP contribution in [0.25, 0.3) is 16.8 Å². The van der Waals surface area contributed by atoms with E-state index in [-0.39, 0.29) is 29.6 Å². The monoisotopic (exact) mass is 455 g/mol. The third-order valence-corrected chi connectivity index (χ3v) is 5.88. The molecule has 1 aliphatic heterocycles. The van der Waals surface area contributed by atoms with E-state index in [1.807, 2.05) is 11.6 Å². The van der Waals surface area contributed by atoms with E-state index in [2.05, 4.69) is 25.7 Å². The minimum atomic E-state index is -1.12. The van der Waals surface area contributed by atoms with Crippen molar-refractivity contribution in [3.8, 4) is 17.0 Å². The maximum absolute atomic E-state index is 14.4. The second-order valence-corrected chi connectivity index (χ2v) is 8.06. The number of rotatable bonds is 6. The summed E-state index contributed by atoms with van der Waals surface area (Å²) in [6.07, 6.45) is 4.61. The van der Waals surface area contributed by atoms with Crippen molar-refractivity contribution in [3.05, 3.63) is 59.8 Å². The Morgan fingerprint density at radius 2 is 2.06 bits per heavy atom. The summed E-state index contributed by atoms with van der Waals surface area (Å²) < 4.78 is 36.6. The molecule has 4 aromatic rings. The highest BCUT2D eigenvalue weighted by Gasteiger charge is 2.22. The van der Waals surface area contributed by atoms with Gasteiger partial charge in [0.1, 0.15) is 35.5 Å². The van der Waals surface area contributed by atoms with Gasteiger partial charge in [-0.05, 0) is 51.1 Å². The minimum absolute atomic E-state index is 0.140. The van der Waals surface area contributed by atoms with E-state index in [1.165, 1.54) is 16.6 Å². The van der Waals surface area contributed by atoms with Crippen molar-refractivity contribution >= 4 is 5.52 Å². The average Bonchev–Trinajstić information content (AvgIpc) is 3.41. The number of nitrogens with zero attached hydrogens (tertiary/aromatic N) is 6. The van der Waals surface area contributed by atoms with Crippen LogP contribution in [0.4, 0.5) is 8.78 Å². The van der Waals surface area contributed by atoms with E-state index in [1.54, 1.807) is 12.3 Å². The van der Waals surface area contributed by atoms with Crippen LogP contribution in [0.3, 0.4) is 0 Å². The van der Waals surface area contributed by atoms with E-state index in [4.69, 9.17) is 4.74 Å². The molecule has 0 aromatic carbocycles. The van der Waals surface area contributed by atoms with Gasteiger partial charge in [-0.3, -0.25) is 4.98 Å². The fraction of sp³-hybridized carbons (Fsp3) is 0.364. The lowest BCUT2D eigenvalue weighted by Gasteiger charge is -2.23. The third kappa shape index (κ3) is 4.16. The Kier molecular flexibility index (Phi) is 5.73. The highest BCUT2D eigenvalue weighted by molar-refractivity contribution is 5.70. The Bertz CT molecular complexity index is 1270. The Balaban J connectivity index is 1.45. The fourth-order valence-electron chi connectivity index (χ4n) is 4.13. The number of fused-ring (bicyclic) bond motifs is 1. The molecule has 9 nitrogen and oxygen atoms in total. The second-order valence-electron chi connectivity index (χ2n) is 8.06. The number of pyridine rings is 2. The molecule has 0 bridgehead atoms. The van der Waals surface area contributed by atoms with Crippen molar-refractivity contribution < 1.29 is 18.6 Å². The Morgan fingerprint density at radius 3 is 2.82 bits per heavy atom. The van der Waals surface area contributed by atoms with Crippen LogP contribution in [0.15, 0.2) is 36.8 Å². The van der Waals surface area contributed by atoms with Crippen molar-refractivity contribution in [2.45, 2.75) is 31.9 Å². The maximum atomic E-state index is 14.4. The molecule has 1 aliphatic rings. The molecule has 172 valence electrons. The molecule has 5 heterocycles. The summed E-state index contributed by atoms with van der Waals surface area (Å²) in [5, 5.41) is 26.5. The second kappa shape index (κ2) is 8.83. The molecule has 5 rings (SSSR count). The van der Waals surface area contributed by atoms with E-state index >= 15 is 0 Å². The molecule has 4 aromatic heterocycles. The molecule has 1 fully saturated rings. The van der Waals surface area contributed by atoms with Gasteiger partial charge in [0, 0.05) is 11.8 Å². The number of aromatic nitrogens is 6. The molecule has 0 saturated carbocycles. The molecule has 0 spiro atoms. The summed E-state index contributed by atoms with van der Waals surface area (Å²) in [6.45, 7) is 3.61. The van der Waals surface area contributed by atoms with Gasteiger partial charge in [-0.25, -0.2) is 18.0 Å². The lowest BCUT2D eigenvalue weighted by molar-refractivity contribution is 0.105. The normalized spacial score (nSPS) is 15.8. The van der Waals surface area contributed by atoms with Crippen molar-refractivity contribution in [1.82, 2.24) is 34.9 Å². The molecule has 0 amide bonds. The zero-order valence-corrected chi connectivity index (χ0v) is 17.9. The first kappa shape index (κ1) is 21.4. The van der Waals surface area contributed by atoms with Crippen LogP contribution in [-0.2, 0) is 0 Å². The van der Waals surface area contributed by atoms with E-state index < -0.39 is 17.7 Å². The molecule has 0 radical (unpaired) electrons. The van der Waals surface area contributed by atoms with Crippen LogP contribution >= 0.6 is 0 Å². The number of nitrogens with one attached hydrogen (secondary N) is 1. The standard InChI is InChI=1S/C22H23F2N7O2/c1-13-21(28-29-31(13)16-4-6-25-7-5-16)14-8-20(22-17(24)10-27-30(22)11-14)33-12-19(32)18-3-2-15(23)9-26-18/h2-3,8-11,16,19,25,32H,4-7,12H2,1H3. The number of ether oxygens (including phenoxy) is 1. The van der Waals surface area contributed by atoms with Gasteiger partial charge in [-0.2, -0.15) is 5.10 Å². The number of piperidine rings is 1. The average molecular weight is 455 g/mol. The molecular weight excluding hydrogens is 432 g/mol. The van der Waals surface area contributed by atoms with Crippen LogP contribution in [0, 0.1) is 18.6 Å². The fourth-order valence-corrected chi connectivity index (χ4v) is 4.13. The highest BCUT2D eigenvalue weighted by Crippen LogP contribution is 2.32. The van der Waals surface area contributed by atoms with E-state index in [0.717, 1.165) is 44.0 Å². The lowest BCUT2D eigenvalue weighted by atomic mass is 10.1. The number of halogens is 2. The zero-order valence-electron chi connectivity index (χ0n) is 17.9. The largest absolute Gasteiger partial charge is 0.488 e.